The molecule has 0 unspecified atom stereocenters. The zero-order valence-corrected chi connectivity index (χ0v) is 18.6. The number of rotatable bonds is 4. The summed E-state index contributed by atoms with van der Waals surface area (Å²) in [6.07, 6.45) is 0.921. The fraction of sp³-hybridized carbons (Fsp3) is 0.125. The lowest BCUT2D eigenvalue weighted by atomic mass is 10.1. The van der Waals surface area contributed by atoms with Crippen LogP contribution < -0.4 is 10.6 Å². The highest BCUT2D eigenvalue weighted by molar-refractivity contribution is 7.80. The van der Waals surface area contributed by atoms with Gasteiger partial charge in [-0.05, 0) is 73.1 Å². The van der Waals surface area contributed by atoms with Crippen LogP contribution >= 0.6 is 23.8 Å². The van der Waals surface area contributed by atoms with Gasteiger partial charge in [0.15, 0.2) is 10.7 Å². The summed E-state index contributed by atoms with van der Waals surface area (Å²) in [6.45, 7) is 3.97. The average Bonchev–Trinajstić information content (AvgIpc) is 3.18. The van der Waals surface area contributed by atoms with Crippen molar-refractivity contribution in [3.8, 4) is 11.5 Å². The first-order valence-corrected chi connectivity index (χ1v) is 10.6. The van der Waals surface area contributed by atoms with Crippen LogP contribution in [0, 0.1) is 6.92 Å². The van der Waals surface area contributed by atoms with Crippen LogP contribution in [0.1, 0.15) is 28.4 Å². The predicted octanol–water partition coefficient (Wildman–Crippen LogP) is 6.15. The minimum atomic E-state index is -0.268. The molecule has 0 aliphatic heterocycles. The van der Waals surface area contributed by atoms with Gasteiger partial charge in [0.25, 0.3) is 5.91 Å². The Bertz CT molecular complexity index is 1300. The molecular formula is C24H20ClN3O2S. The number of amides is 1. The van der Waals surface area contributed by atoms with Gasteiger partial charge in [-0.3, -0.25) is 10.1 Å². The third-order valence-corrected chi connectivity index (χ3v) is 5.47. The van der Waals surface area contributed by atoms with Crippen molar-refractivity contribution in [3.05, 3.63) is 82.4 Å². The molecule has 0 bridgehead atoms. The SMILES string of the molecule is CCc1ccc2oc(-c3cc(NC(=S)NC(=O)c4ccccc4C)ccc3Cl)nc2c1. The van der Waals surface area contributed by atoms with Crippen molar-refractivity contribution in [2.24, 2.45) is 0 Å². The Kier molecular flexibility index (Phi) is 6.02. The number of fused-ring (bicyclic) bond motifs is 1. The maximum atomic E-state index is 12.5. The van der Waals surface area contributed by atoms with Gasteiger partial charge in [-0.2, -0.15) is 0 Å². The third-order valence-electron chi connectivity index (χ3n) is 4.93. The quantitative estimate of drug-likeness (QED) is 0.366. The van der Waals surface area contributed by atoms with Gasteiger partial charge in [0.1, 0.15) is 5.52 Å². The van der Waals surface area contributed by atoms with E-state index in [4.69, 9.17) is 28.2 Å². The van der Waals surface area contributed by atoms with Gasteiger partial charge in [0.2, 0.25) is 5.89 Å². The molecule has 0 atom stereocenters. The molecule has 0 saturated heterocycles. The van der Waals surface area contributed by atoms with Crippen molar-refractivity contribution in [1.29, 1.82) is 0 Å². The van der Waals surface area contributed by atoms with E-state index in [1.54, 1.807) is 24.3 Å². The maximum absolute atomic E-state index is 12.5. The number of thiocarbonyl (C=S) groups is 1. The summed E-state index contributed by atoms with van der Waals surface area (Å²) in [7, 11) is 0. The highest BCUT2D eigenvalue weighted by atomic mass is 35.5. The molecule has 31 heavy (non-hydrogen) atoms. The Morgan fingerprint density at radius 1 is 1.13 bits per heavy atom. The van der Waals surface area contributed by atoms with Crippen molar-refractivity contribution in [2.75, 3.05) is 5.32 Å². The van der Waals surface area contributed by atoms with Crippen molar-refractivity contribution in [1.82, 2.24) is 10.3 Å². The Morgan fingerprint density at radius 3 is 2.71 bits per heavy atom. The van der Waals surface area contributed by atoms with E-state index < -0.39 is 0 Å². The molecule has 7 heteroatoms. The second kappa shape index (κ2) is 8.88. The minimum Gasteiger partial charge on any atom is -0.436 e. The van der Waals surface area contributed by atoms with Gasteiger partial charge in [0, 0.05) is 11.3 Å². The first-order chi connectivity index (χ1) is 14.9. The largest absolute Gasteiger partial charge is 0.436 e. The summed E-state index contributed by atoms with van der Waals surface area (Å²) < 4.78 is 5.90. The molecule has 0 aliphatic rings. The molecule has 156 valence electrons. The molecule has 1 heterocycles. The first-order valence-electron chi connectivity index (χ1n) is 9.82. The van der Waals surface area contributed by atoms with Crippen LogP contribution in [0.25, 0.3) is 22.6 Å². The molecule has 0 spiro atoms. The summed E-state index contributed by atoms with van der Waals surface area (Å²) in [6, 6.07) is 18.6. The molecule has 3 aromatic carbocycles. The van der Waals surface area contributed by atoms with Gasteiger partial charge in [-0.25, -0.2) is 4.98 Å². The number of carbonyl (C=O) groups excluding carboxylic acids is 1. The summed E-state index contributed by atoms with van der Waals surface area (Å²) in [5.74, 6) is 0.155. The van der Waals surface area contributed by atoms with Crippen LogP contribution in [-0.4, -0.2) is 16.0 Å². The van der Waals surface area contributed by atoms with E-state index in [1.807, 2.05) is 43.3 Å². The molecule has 0 aliphatic carbocycles. The number of hydrogen-bond donors (Lipinski definition) is 2. The fourth-order valence-electron chi connectivity index (χ4n) is 3.24. The first kappa shape index (κ1) is 21.0. The summed E-state index contributed by atoms with van der Waals surface area (Å²) >= 11 is 11.7. The Hall–Kier alpha value is -3.22. The summed E-state index contributed by atoms with van der Waals surface area (Å²) in [5, 5.41) is 6.41. The van der Waals surface area contributed by atoms with E-state index in [2.05, 4.69) is 22.5 Å². The lowest BCUT2D eigenvalue weighted by Crippen LogP contribution is -2.34. The molecule has 2 N–H and O–H groups in total. The van der Waals surface area contributed by atoms with E-state index in [0.717, 1.165) is 17.5 Å². The van der Waals surface area contributed by atoms with Crippen LogP contribution in [0.4, 0.5) is 5.69 Å². The second-order valence-electron chi connectivity index (χ2n) is 7.09. The minimum absolute atomic E-state index is 0.187. The molecule has 1 amide bonds. The molecular weight excluding hydrogens is 430 g/mol. The van der Waals surface area contributed by atoms with Gasteiger partial charge >= 0.3 is 0 Å². The Balaban J connectivity index is 1.54. The van der Waals surface area contributed by atoms with E-state index in [9.17, 15) is 4.79 Å². The van der Waals surface area contributed by atoms with Crippen LogP contribution in [0.15, 0.2) is 65.1 Å². The number of oxazole rings is 1. The molecule has 1 aromatic heterocycles. The number of nitrogens with one attached hydrogen (secondary N) is 2. The fourth-order valence-corrected chi connectivity index (χ4v) is 3.64. The molecule has 5 nitrogen and oxygen atoms in total. The molecule has 0 saturated carbocycles. The van der Waals surface area contributed by atoms with Gasteiger partial charge < -0.3 is 9.73 Å². The van der Waals surface area contributed by atoms with E-state index in [0.29, 0.717) is 33.3 Å². The monoisotopic (exact) mass is 449 g/mol. The zero-order chi connectivity index (χ0) is 22.0. The zero-order valence-electron chi connectivity index (χ0n) is 17.0. The normalized spacial score (nSPS) is 10.8. The summed E-state index contributed by atoms with van der Waals surface area (Å²) in [4.78, 5) is 17.1. The number of nitrogens with zero attached hydrogens (tertiary/aromatic N) is 1. The molecule has 4 rings (SSSR count). The average molecular weight is 450 g/mol. The lowest BCUT2D eigenvalue weighted by molar-refractivity contribution is 0.0977. The highest BCUT2D eigenvalue weighted by Gasteiger charge is 2.14. The molecule has 0 radical (unpaired) electrons. The lowest BCUT2D eigenvalue weighted by Gasteiger charge is -2.12. The number of halogens is 1. The van der Waals surface area contributed by atoms with Gasteiger partial charge in [-0.15, -0.1) is 0 Å². The highest BCUT2D eigenvalue weighted by Crippen LogP contribution is 2.32. The predicted molar refractivity (Wildman–Crippen MR) is 129 cm³/mol. The van der Waals surface area contributed by atoms with Crippen LogP contribution in [0.5, 0.6) is 0 Å². The number of aromatic nitrogens is 1. The standard InChI is InChI=1S/C24H20ClN3O2S/c1-3-15-8-11-21-20(12-15)27-23(30-21)18-13-16(9-10-19(18)25)26-24(31)28-22(29)17-7-5-4-6-14(17)2/h4-13H,3H2,1-2H3,(H2,26,28,29,31). The van der Waals surface area contributed by atoms with Crippen molar-refractivity contribution in [2.45, 2.75) is 20.3 Å². The van der Waals surface area contributed by atoms with Crippen LogP contribution in [0.3, 0.4) is 0 Å². The van der Waals surface area contributed by atoms with Crippen molar-refractivity contribution in [3.63, 3.8) is 0 Å². The Labute approximate surface area is 190 Å². The molecule has 0 fully saturated rings. The van der Waals surface area contributed by atoms with Crippen LogP contribution in [0.2, 0.25) is 5.02 Å². The number of aryl methyl sites for hydroxylation is 2. The van der Waals surface area contributed by atoms with Crippen molar-refractivity contribution < 1.29 is 9.21 Å². The van der Waals surface area contributed by atoms with Crippen LogP contribution in [-0.2, 0) is 6.42 Å². The maximum Gasteiger partial charge on any atom is 0.257 e. The smallest absolute Gasteiger partial charge is 0.257 e. The second-order valence-corrected chi connectivity index (χ2v) is 7.91. The number of carbonyl (C=O) groups is 1. The molecule has 4 aromatic rings. The number of benzene rings is 3. The van der Waals surface area contributed by atoms with Gasteiger partial charge in [0.05, 0.1) is 10.6 Å². The van der Waals surface area contributed by atoms with Crippen molar-refractivity contribution >= 4 is 51.6 Å². The third kappa shape index (κ3) is 4.60. The topological polar surface area (TPSA) is 67.2 Å². The van der Waals surface area contributed by atoms with Gasteiger partial charge in [-0.1, -0.05) is 42.8 Å². The number of hydrogen-bond acceptors (Lipinski definition) is 4. The van der Waals surface area contributed by atoms with E-state index in [1.165, 1.54) is 5.56 Å². The Morgan fingerprint density at radius 2 is 1.94 bits per heavy atom. The van der Waals surface area contributed by atoms with E-state index in [-0.39, 0.29) is 11.0 Å². The van der Waals surface area contributed by atoms with E-state index >= 15 is 0 Å². The number of anilines is 1. The summed E-state index contributed by atoms with van der Waals surface area (Å²) in [5.41, 5.74) is 5.40.